The van der Waals surface area contributed by atoms with Crippen molar-refractivity contribution in [1.29, 1.82) is 0 Å². The lowest BCUT2D eigenvalue weighted by molar-refractivity contribution is -0.123. The number of unbranched alkanes of at least 4 members (excludes halogenated alkanes) is 3. The van der Waals surface area contributed by atoms with E-state index < -0.39 is 20.5 Å². The van der Waals surface area contributed by atoms with Crippen molar-refractivity contribution in [3.63, 3.8) is 0 Å². The van der Waals surface area contributed by atoms with E-state index in [1.807, 2.05) is 19.1 Å². The summed E-state index contributed by atoms with van der Waals surface area (Å²) in [5, 5.41) is 16.1. The van der Waals surface area contributed by atoms with Crippen LogP contribution in [-0.2, 0) is 9.22 Å². The Morgan fingerprint density at radius 3 is 1.94 bits per heavy atom. The fourth-order valence-corrected chi connectivity index (χ4v) is 9.09. The molecule has 0 fully saturated rings. The van der Waals surface area contributed by atoms with Crippen molar-refractivity contribution in [2.24, 2.45) is 0 Å². The highest BCUT2D eigenvalue weighted by Gasteiger charge is 2.50. The van der Waals surface area contributed by atoms with E-state index in [4.69, 9.17) is 4.43 Å². The number of rotatable bonds is 13. The number of carbonyl (C=O) groups excluding carboxylic acids is 1. The van der Waals surface area contributed by atoms with Crippen LogP contribution in [0, 0.1) is 0 Å². The SMILES string of the molecule is CCCCCCC(=O)N[C@H](CO[Si](c1ccccc1)(c1ccccc1)C(C)(C)C)[C@@H](O)CC. The van der Waals surface area contributed by atoms with Gasteiger partial charge in [0.05, 0.1) is 18.8 Å². The summed E-state index contributed by atoms with van der Waals surface area (Å²) in [4.78, 5) is 12.6. The quantitative estimate of drug-likeness (QED) is 0.328. The molecule has 0 aliphatic carbocycles. The smallest absolute Gasteiger partial charge is 0.261 e. The van der Waals surface area contributed by atoms with Gasteiger partial charge in [0.15, 0.2) is 0 Å². The minimum absolute atomic E-state index is 0.00495. The highest BCUT2D eigenvalue weighted by molar-refractivity contribution is 6.99. The van der Waals surface area contributed by atoms with Crippen LogP contribution in [0.15, 0.2) is 60.7 Å². The van der Waals surface area contributed by atoms with Crippen molar-refractivity contribution in [2.45, 2.75) is 90.3 Å². The molecule has 0 spiro atoms. The molecule has 2 N–H and O–H groups in total. The van der Waals surface area contributed by atoms with Crippen LogP contribution >= 0.6 is 0 Å². The minimum Gasteiger partial charge on any atom is -0.405 e. The van der Waals surface area contributed by atoms with E-state index in [1.165, 1.54) is 10.4 Å². The summed E-state index contributed by atoms with van der Waals surface area (Å²) in [7, 11) is -2.72. The van der Waals surface area contributed by atoms with E-state index in [1.54, 1.807) is 0 Å². The van der Waals surface area contributed by atoms with Gasteiger partial charge in [0.25, 0.3) is 8.32 Å². The van der Waals surface area contributed by atoms with Crippen LogP contribution in [0.3, 0.4) is 0 Å². The highest BCUT2D eigenvalue weighted by Crippen LogP contribution is 2.36. The molecule has 0 aromatic heterocycles. The Balaban J connectivity index is 2.33. The van der Waals surface area contributed by atoms with E-state index in [-0.39, 0.29) is 17.6 Å². The second kappa shape index (κ2) is 13.1. The maximum absolute atomic E-state index is 12.6. The molecular weight excluding hydrogens is 426 g/mol. The minimum atomic E-state index is -2.72. The summed E-state index contributed by atoms with van der Waals surface area (Å²) < 4.78 is 6.96. The van der Waals surface area contributed by atoms with Gasteiger partial charge in [-0.15, -0.1) is 0 Å². The summed E-state index contributed by atoms with van der Waals surface area (Å²) in [6.07, 6.45) is 4.63. The molecule has 0 saturated heterocycles. The van der Waals surface area contributed by atoms with Crippen LogP contribution in [0.25, 0.3) is 0 Å². The predicted molar refractivity (Wildman–Crippen MR) is 141 cm³/mol. The average Bonchev–Trinajstić information content (AvgIpc) is 2.81. The van der Waals surface area contributed by atoms with Crippen molar-refractivity contribution in [2.75, 3.05) is 6.61 Å². The molecule has 4 nitrogen and oxygen atoms in total. The Morgan fingerprint density at radius 1 is 0.939 bits per heavy atom. The van der Waals surface area contributed by atoms with Gasteiger partial charge in [-0.3, -0.25) is 4.79 Å². The number of amides is 1. The van der Waals surface area contributed by atoms with Gasteiger partial charge in [0.2, 0.25) is 5.91 Å². The zero-order valence-corrected chi connectivity index (χ0v) is 22.1. The lowest BCUT2D eigenvalue weighted by atomic mass is 10.1. The molecule has 182 valence electrons. The molecule has 0 bridgehead atoms. The molecular formula is C28H43NO3Si. The van der Waals surface area contributed by atoms with Crippen LogP contribution < -0.4 is 15.7 Å². The standard InChI is InChI=1S/C28H43NO3Si/c1-6-8-9-16-21-27(31)29-25(26(30)7-2)22-32-33(28(3,4)5,23-17-12-10-13-18-23)24-19-14-11-15-20-24/h10-15,17-20,25-26,30H,6-9,16,21-22H2,1-5H3,(H,29,31)/t25-,26+/m1/s1. The van der Waals surface area contributed by atoms with E-state index in [9.17, 15) is 9.90 Å². The van der Waals surface area contributed by atoms with Crippen LogP contribution in [-0.4, -0.2) is 38.1 Å². The summed E-state index contributed by atoms with van der Waals surface area (Å²) in [6, 6.07) is 20.5. The third-order valence-electron chi connectivity index (χ3n) is 6.38. The van der Waals surface area contributed by atoms with Crippen molar-refractivity contribution < 1.29 is 14.3 Å². The molecule has 2 atom stereocenters. The van der Waals surface area contributed by atoms with Crippen LogP contribution in [0.5, 0.6) is 0 Å². The molecule has 1 amide bonds. The fraction of sp³-hybridized carbons (Fsp3) is 0.536. The Labute approximate surface area is 201 Å². The first-order chi connectivity index (χ1) is 15.8. The topological polar surface area (TPSA) is 58.6 Å². The van der Waals surface area contributed by atoms with Gasteiger partial charge in [-0.1, -0.05) is 115 Å². The molecule has 5 heteroatoms. The maximum atomic E-state index is 12.6. The lowest BCUT2D eigenvalue weighted by Gasteiger charge is -2.44. The average molecular weight is 470 g/mol. The van der Waals surface area contributed by atoms with Gasteiger partial charge in [0.1, 0.15) is 0 Å². The molecule has 2 aromatic rings. The van der Waals surface area contributed by atoms with Gasteiger partial charge in [0, 0.05) is 6.42 Å². The molecule has 0 aliphatic rings. The molecule has 0 heterocycles. The zero-order chi connectivity index (χ0) is 24.3. The first kappa shape index (κ1) is 27.3. The molecule has 0 aliphatic heterocycles. The Kier molecular flexibility index (Phi) is 10.8. The monoisotopic (exact) mass is 469 g/mol. The van der Waals surface area contributed by atoms with Gasteiger partial charge >= 0.3 is 0 Å². The third kappa shape index (κ3) is 7.26. The van der Waals surface area contributed by atoms with Crippen molar-refractivity contribution in [1.82, 2.24) is 5.32 Å². The molecule has 33 heavy (non-hydrogen) atoms. The molecule has 0 saturated carbocycles. The first-order valence-corrected chi connectivity index (χ1v) is 14.4. The summed E-state index contributed by atoms with van der Waals surface area (Å²) in [5.74, 6) is -0.00495. The molecule has 2 rings (SSSR count). The predicted octanol–water partition coefficient (Wildman–Crippen LogP) is 4.79. The maximum Gasteiger partial charge on any atom is 0.261 e. The normalized spacial score (nSPS) is 14.0. The number of hydrogen-bond donors (Lipinski definition) is 2. The Hall–Kier alpha value is -1.95. The number of aliphatic hydroxyl groups excluding tert-OH is 1. The lowest BCUT2D eigenvalue weighted by Crippen LogP contribution is -2.67. The third-order valence-corrected chi connectivity index (χ3v) is 11.4. The van der Waals surface area contributed by atoms with Gasteiger partial charge in [-0.25, -0.2) is 0 Å². The second-order valence-corrected chi connectivity index (χ2v) is 14.2. The van der Waals surface area contributed by atoms with Gasteiger partial charge < -0.3 is 14.8 Å². The molecule has 0 radical (unpaired) electrons. The van der Waals surface area contributed by atoms with E-state index >= 15 is 0 Å². The highest BCUT2D eigenvalue weighted by atomic mass is 28.4. The Morgan fingerprint density at radius 2 is 1.48 bits per heavy atom. The zero-order valence-electron chi connectivity index (χ0n) is 21.1. The molecule has 2 aromatic carbocycles. The Bertz CT molecular complexity index is 781. The van der Waals surface area contributed by atoms with Crippen LogP contribution in [0.2, 0.25) is 5.04 Å². The first-order valence-electron chi connectivity index (χ1n) is 12.5. The largest absolute Gasteiger partial charge is 0.405 e. The van der Waals surface area contributed by atoms with Crippen LogP contribution in [0.1, 0.15) is 73.1 Å². The van der Waals surface area contributed by atoms with Crippen molar-refractivity contribution >= 4 is 24.6 Å². The number of benzene rings is 2. The second-order valence-electron chi connectivity index (χ2n) is 9.93. The summed E-state index contributed by atoms with van der Waals surface area (Å²) >= 11 is 0. The summed E-state index contributed by atoms with van der Waals surface area (Å²) in [6.45, 7) is 11.1. The van der Waals surface area contributed by atoms with E-state index in [0.717, 1.165) is 25.7 Å². The number of nitrogens with one attached hydrogen (secondary N) is 1. The van der Waals surface area contributed by atoms with Crippen molar-refractivity contribution in [3.05, 3.63) is 60.7 Å². The van der Waals surface area contributed by atoms with E-state index in [2.05, 4.69) is 81.5 Å². The number of hydrogen-bond acceptors (Lipinski definition) is 3. The van der Waals surface area contributed by atoms with Crippen molar-refractivity contribution in [3.8, 4) is 0 Å². The van der Waals surface area contributed by atoms with Crippen LogP contribution in [0.4, 0.5) is 0 Å². The fourth-order valence-electron chi connectivity index (χ4n) is 4.50. The molecule has 0 unspecified atom stereocenters. The number of aliphatic hydroxyl groups is 1. The number of carbonyl (C=O) groups is 1. The van der Waals surface area contributed by atoms with E-state index in [0.29, 0.717) is 12.8 Å². The van der Waals surface area contributed by atoms with Gasteiger partial charge in [-0.05, 0) is 28.3 Å². The summed E-state index contributed by atoms with van der Waals surface area (Å²) in [5.41, 5.74) is 0. The van der Waals surface area contributed by atoms with Gasteiger partial charge in [-0.2, -0.15) is 0 Å².